The number of piperidine rings is 1. The number of carbonyl (C=O) groups is 4. The molecule has 1 fully saturated rings. The summed E-state index contributed by atoms with van der Waals surface area (Å²) in [6, 6.07) is 9.44. The molecule has 0 aliphatic carbocycles. The highest BCUT2D eigenvalue weighted by Crippen LogP contribution is 2.43. The zero-order chi connectivity index (χ0) is 29.1. The summed E-state index contributed by atoms with van der Waals surface area (Å²) in [7, 11) is -3.55. The van der Waals surface area contributed by atoms with Crippen molar-refractivity contribution < 1.29 is 37.4 Å². The number of nitrogens with one attached hydrogen (secondary N) is 4. The number of halogens is 1. The van der Waals surface area contributed by atoms with Gasteiger partial charge >= 0.3 is 12.2 Å². The fourth-order valence-corrected chi connectivity index (χ4v) is 5.48. The average molecular weight is 594 g/mol. The Bertz CT molecular complexity index is 1440. The van der Waals surface area contributed by atoms with E-state index in [9.17, 15) is 27.6 Å². The van der Waals surface area contributed by atoms with Gasteiger partial charge in [0.15, 0.2) is 5.60 Å². The van der Waals surface area contributed by atoms with Crippen molar-refractivity contribution in [2.45, 2.75) is 30.9 Å². The Morgan fingerprint density at radius 2 is 1.93 bits per heavy atom. The molecule has 2 aliphatic heterocycles. The van der Waals surface area contributed by atoms with Crippen LogP contribution in [0.5, 0.6) is 0 Å². The molecule has 2 aliphatic rings. The van der Waals surface area contributed by atoms with Crippen LogP contribution in [-0.4, -0.2) is 74.4 Å². The number of ether oxygens (including phenoxy) is 1. The lowest BCUT2D eigenvalue weighted by atomic mass is 9.83. The first kappa shape index (κ1) is 29.1. The molecule has 4 amide bonds. The zero-order valence-electron chi connectivity index (χ0n) is 21.4. The summed E-state index contributed by atoms with van der Waals surface area (Å²) in [6.07, 6.45) is -0.0511. The number of sulfonamides is 1. The predicted molar refractivity (Wildman–Crippen MR) is 146 cm³/mol. The van der Waals surface area contributed by atoms with Crippen molar-refractivity contribution in [3.63, 3.8) is 0 Å². The summed E-state index contributed by atoms with van der Waals surface area (Å²) < 4.78 is 31.3. The van der Waals surface area contributed by atoms with Crippen LogP contribution in [0.25, 0.3) is 0 Å². The molecule has 0 saturated carbocycles. The maximum absolute atomic E-state index is 13.8. The molecule has 1 saturated heterocycles. The van der Waals surface area contributed by atoms with Crippen LogP contribution in [0.3, 0.4) is 0 Å². The normalized spacial score (nSPS) is 19.1. The van der Waals surface area contributed by atoms with Crippen LogP contribution in [0.2, 0.25) is 5.02 Å². The number of rotatable bonds is 8. The standard InChI is InChI=1S/C25H28ClN5O8S/c1-40(37,38)27-11-9-20(29-21(32)15-3-6-17(7-4-15)28-23(34)35)22(33)31-12-2-10-25(14-31)18-13-16(26)5-8-19(18)30-24(36)39-25/h3-8,13,20,27-28H,2,9-12,14H2,1H3,(H,29,32)(H,30,36)(H,34,35)/t20?,25-/m0/s1. The highest BCUT2D eigenvalue weighted by atomic mass is 35.5. The van der Waals surface area contributed by atoms with Gasteiger partial charge in [-0.3, -0.25) is 20.2 Å². The third kappa shape index (κ3) is 7.00. The lowest BCUT2D eigenvalue weighted by molar-refractivity contribution is -0.141. The van der Waals surface area contributed by atoms with E-state index in [2.05, 4.69) is 20.7 Å². The summed E-state index contributed by atoms with van der Waals surface area (Å²) >= 11 is 6.22. The van der Waals surface area contributed by atoms with E-state index < -0.39 is 45.7 Å². The number of likely N-dealkylation sites (tertiary alicyclic amines) is 1. The number of hydrogen-bond donors (Lipinski definition) is 5. The van der Waals surface area contributed by atoms with E-state index in [-0.39, 0.29) is 30.8 Å². The van der Waals surface area contributed by atoms with E-state index >= 15 is 0 Å². The van der Waals surface area contributed by atoms with Crippen molar-refractivity contribution in [2.75, 3.05) is 36.5 Å². The van der Waals surface area contributed by atoms with Gasteiger partial charge in [-0.15, -0.1) is 0 Å². The van der Waals surface area contributed by atoms with Crippen molar-refractivity contribution in [2.24, 2.45) is 0 Å². The first-order chi connectivity index (χ1) is 18.8. The maximum Gasteiger partial charge on any atom is 0.412 e. The lowest BCUT2D eigenvalue weighted by Gasteiger charge is -2.45. The molecule has 2 aromatic carbocycles. The smallest absolute Gasteiger partial charge is 0.412 e. The highest BCUT2D eigenvalue weighted by molar-refractivity contribution is 7.88. The van der Waals surface area contributed by atoms with E-state index in [0.29, 0.717) is 35.7 Å². The Balaban J connectivity index is 1.56. The predicted octanol–water partition coefficient (Wildman–Crippen LogP) is 2.55. The molecule has 0 bridgehead atoms. The van der Waals surface area contributed by atoms with Crippen LogP contribution >= 0.6 is 11.6 Å². The molecule has 1 spiro atoms. The molecule has 2 heterocycles. The Hall–Kier alpha value is -3.88. The van der Waals surface area contributed by atoms with Crippen LogP contribution in [0.1, 0.15) is 35.2 Å². The molecule has 5 N–H and O–H groups in total. The summed E-state index contributed by atoms with van der Waals surface area (Å²) in [6.45, 7) is 0.213. The van der Waals surface area contributed by atoms with Crippen LogP contribution in [0.4, 0.5) is 21.0 Å². The van der Waals surface area contributed by atoms with Crippen LogP contribution < -0.4 is 20.7 Å². The number of hydrogen-bond acceptors (Lipinski definition) is 7. The molecule has 0 radical (unpaired) electrons. The number of nitrogens with zero attached hydrogens (tertiary/aromatic N) is 1. The Kier molecular flexibility index (Phi) is 8.51. The Morgan fingerprint density at radius 3 is 2.60 bits per heavy atom. The van der Waals surface area contributed by atoms with Crippen LogP contribution in [-0.2, 0) is 25.2 Å². The number of anilines is 2. The number of fused-ring (bicyclic) bond motifs is 2. The van der Waals surface area contributed by atoms with Gasteiger partial charge in [0, 0.05) is 34.9 Å². The van der Waals surface area contributed by atoms with Gasteiger partial charge in [-0.05, 0) is 61.7 Å². The average Bonchev–Trinajstić information content (AvgIpc) is 2.87. The summed E-state index contributed by atoms with van der Waals surface area (Å²) in [4.78, 5) is 51.5. The van der Waals surface area contributed by atoms with E-state index in [4.69, 9.17) is 21.4 Å². The van der Waals surface area contributed by atoms with Gasteiger partial charge in [0.2, 0.25) is 15.9 Å². The quantitative estimate of drug-likeness (QED) is 0.309. The minimum Gasteiger partial charge on any atom is -0.465 e. The number of carbonyl (C=O) groups excluding carboxylic acids is 3. The molecule has 2 aromatic rings. The van der Waals surface area contributed by atoms with Gasteiger partial charge in [-0.25, -0.2) is 22.7 Å². The topological polar surface area (TPSA) is 183 Å². The van der Waals surface area contributed by atoms with Crippen LogP contribution in [0, 0.1) is 0 Å². The van der Waals surface area contributed by atoms with E-state index in [1.165, 1.54) is 29.2 Å². The first-order valence-corrected chi connectivity index (χ1v) is 14.6. The second-order valence-electron chi connectivity index (χ2n) is 9.55. The number of amides is 4. The number of benzene rings is 2. The van der Waals surface area contributed by atoms with E-state index in [0.717, 1.165) is 6.26 Å². The van der Waals surface area contributed by atoms with Crippen molar-refractivity contribution in [1.82, 2.24) is 14.9 Å². The highest BCUT2D eigenvalue weighted by Gasteiger charge is 2.47. The molecule has 0 aromatic heterocycles. The van der Waals surface area contributed by atoms with Gasteiger partial charge in [-0.2, -0.15) is 0 Å². The molecule has 1 unspecified atom stereocenters. The number of carboxylic acid groups (broad SMARTS) is 1. The largest absolute Gasteiger partial charge is 0.465 e. The summed E-state index contributed by atoms with van der Waals surface area (Å²) in [5, 5.41) is 16.8. The van der Waals surface area contributed by atoms with E-state index in [1.54, 1.807) is 18.2 Å². The second-order valence-corrected chi connectivity index (χ2v) is 11.8. The van der Waals surface area contributed by atoms with Gasteiger partial charge in [0.25, 0.3) is 5.91 Å². The molecular weight excluding hydrogens is 566 g/mol. The SMILES string of the molecule is CS(=O)(=O)NCCC(NC(=O)c1ccc(NC(=O)O)cc1)C(=O)N1CCC[C@@]2(C1)OC(=O)Nc1ccc(Cl)cc12. The van der Waals surface area contributed by atoms with Gasteiger partial charge < -0.3 is 20.1 Å². The first-order valence-electron chi connectivity index (χ1n) is 12.3. The fraction of sp³-hybridized carbons (Fsp3) is 0.360. The van der Waals surface area contributed by atoms with Crippen LogP contribution in [0.15, 0.2) is 42.5 Å². The third-order valence-electron chi connectivity index (χ3n) is 6.56. The minimum absolute atomic E-state index is 0.00796. The zero-order valence-corrected chi connectivity index (χ0v) is 23.0. The van der Waals surface area contributed by atoms with Crippen molar-refractivity contribution >= 4 is 57.0 Å². The minimum atomic E-state index is -3.55. The third-order valence-corrected chi connectivity index (χ3v) is 7.53. The molecule has 15 heteroatoms. The van der Waals surface area contributed by atoms with Gasteiger partial charge in [0.1, 0.15) is 6.04 Å². The second kappa shape index (κ2) is 11.7. The maximum atomic E-state index is 13.8. The Labute approximate surface area is 235 Å². The monoisotopic (exact) mass is 593 g/mol. The lowest BCUT2D eigenvalue weighted by Crippen LogP contribution is -2.57. The van der Waals surface area contributed by atoms with Crippen molar-refractivity contribution in [3.05, 3.63) is 58.6 Å². The molecule has 2 atom stereocenters. The molecule has 4 rings (SSSR count). The Morgan fingerprint density at radius 1 is 1.20 bits per heavy atom. The van der Waals surface area contributed by atoms with Crippen molar-refractivity contribution in [1.29, 1.82) is 0 Å². The molecule has 40 heavy (non-hydrogen) atoms. The molecular formula is C25H28ClN5O8S. The van der Waals surface area contributed by atoms with E-state index in [1.807, 2.05) is 0 Å². The summed E-state index contributed by atoms with van der Waals surface area (Å²) in [5.41, 5.74) is 0.424. The summed E-state index contributed by atoms with van der Waals surface area (Å²) in [5.74, 6) is -1.10. The fourth-order valence-electron chi connectivity index (χ4n) is 4.82. The van der Waals surface area contributed by atoms with Crippen molar-refractivity contribution in [3.8, 4) is 0 Å². The van der Waals surface area contributed by atoms with Gasteiger partial charge in [-0.1, -0.05) is 11.6 Å². The van der Waals surface area contributed by atoms with Gasteiger partial charge in [0.05, 0.1) is 18.5 Å². The molecule has 13 nitrogen and oxygen atoms in total. The molecule has 214 valence electrons.